The zero-order chi connectivity index (χ0) is 24.2. The van der Waals surface area contributed by atoms with Gasteiger partial charge in [-0.2, -0.15) is 0 Å². The van der Waals surface area contributed by atoms with Crippen LogP contribution in [0, 0.1) is 11.8 Å². The highest BCUT2D eigenvalue weighted by molar-refractivity contribution is 8.00. The molecule has 0 aliphatic heterocycles. The van der Waals surface area contributed by atoms with Crippen LogP contribution in [0.1, 0.15) is 34.9 Å². The second-order valence-electron chi connectivity index (χ2n) is 8.32. The second kappa shape index (κ2) is 10.6. The van der Waals surface area contributed by atoms with Crippen LogP contribution >= 0.6 is 23.4 Å². The Morgan fingerprint density at radius 2 is 1.59 bits per heavy atom. The number of carboxylic acids is 1. The van der Waals surface area contributed by atoms with Crippen molar-refractivity contribution in [3.63, 3.8) is 0 Å². The fraction of sp³-hybridized carbons (Fsp3) is 0.259. The molecule has 3 aromatic carbocycles. The summed E-state index contributed by atoms with van der Waals surface area (Å²) in [5.41, 5.74) is 3.10. The molecule has 1 saturated carbocycles. The van der Waals surface area contributed by atoms with Gasteiger partial charge in [0.2, 0.25) is 0 Å². The third-order valence-electron chi connectivity index (χ3n) is 6.34. The molecule has 4 atom stereocenters. The number of benzene rings is 3. The first-order chi connectivity index (χ1) is 16.4. The molecule has 0 spiro atoms. The van der Waals surface area contributed by atoms with Crippen LogP contribution in [-0.2, 0) is 9.53 Å². The van der Waals surface area contributed by atoms with E-state index in [1.165, 1.54) is 18.9 Å². The van der Waals surface area contributed by atoms with Gasteiger partial charge in [-0.1, -0.05) is 60.1 Å². The van der Waals surface area contributed by atoms with Crippen molar-refractivity contribution in [1.82, 2.24) is 0 Å². The minimum Gasteiger partial charge on any atom is -0.481 e. The summed E-state index contributed by atoms with van der Waals surface area (Å²) in [6, 6.07) is 22.1. The Balaban J connectivity index is 1.53. The molecule has 3 aromatic rings. The van der Waals surface area contributed by atoms with Gasteiger partial charge < -0.3 is 14.9 Å². The van der Waals surface area contributed by atoms with E-state index in [0.717, 1.165) is 11.1 Å². The average molecular weight is 497 g/mol. The number of carbonyl (C=O) groups is 2. The van der Waals surface area contributed by atoms with Crippen LogP contribution in [0.15, 0.2) is 77.7 Å². The molecule has 7 heteroatoms. The molecule has 176 valence electrons. The number of aliphatic hydroxyl groups is 1. The Morgan fingerprint density at radius 3 is 2.21 bits per heavy atom. The van der Waals surface area contributed by atoms with Gasteiger partial charge in [0.05, 0.1) is 24.7 Å². The van der Waals surface area contributed by atoms with Crippen LogP contribution in [0.4, 0.5) is 0 Å². The van der Waals surface area contributed by atoms with E-state index in [-0.39, 0.29) is 5.25 Å². The topological polar surface area (TPSA) is 83.8 Å². The summed E-state index contributed by atoms with van der Waals surface area (Å²) in [7, 11) is 1.32. The number of esters is 1. The molecule has 0 saturated heterocycles. The smallest absolute Gasteiger partial charge is 0.338 e. The number of halogens is 1. The lowest BCUT2D eigenvalue weighted by Crippen LogP contribution is -2.29. The molecule has 0 unspecified atom stereocenters. The number of hydrogen-bond donors (Lipinski definition) is 2. The van der Waals surface area contributed by atoms with Crippen LogP contribution in [0.3, 0.4) is 0 Å². The van der Waals surface area contributed by atoms with Crippen molar-refractivity contribution in [1.29, 1.82) is 0 Å². The van der Waals surface area contributed by atoms with Crippen molar-refractivity contribution in [3.8, 4) is 11.1 Å². The highest BCUT2D eigenvalue weighted by atomic mass is 35.5. The lowest BCUT2D eigenvalue weighted by molar-refractivity contribution is -0.144. The minimum absolute atomic E-state index is 0.267. The van der Waals surface area contributed by atoms with E-state index < -0.39 is 29.9 Å². The third kappa shape index (κ3) is 5.14. The third-order valence-corrected chi connectivity index (χ3v) is 8.03. The van der Waals surface area contributed by atoms with Crippen LogP contribution in [0.25, 0.3) is 11.1 Å². The molecule has 0 amide bonds. The molecular weight excluding hydrogens is 472 g/mol. The highest BCUT2D eigenvalue weighted by Gasteiger charge is 2.45. The van der Waals surface area contributed by atoms with Crippen LogP contribution in [0.2, 0.25) is 5.02 Å². The first-order valence-corrected chi connectivity index (χ1v) is 12.3. The standard InChI is InChI=1S/C27H25ClO5S/c1-33-27(32)20-4-2-3-5-22(20)34-23-15-14-21(24(23)26(30)31)25(29)18-8-6-16(7-9-18)17-10-12-19(28)13-11-17/h2-13,21,23-25,29H,14-15H2,1H3,(H,30,31)/t21-,23-,24+,25+/m0/s1. The molecule has 0 aromatic heterocycles. The maximum atomic E-state index is 12.3. The zero-order valence-corrected chi connectivity index (χ0v) is 20.1. The van der Waals surface area contributed by atoms with Gasteiger partial charge in [-0.25, -0.2) is 4.79 Å². The van der Waals surface area contributed by atoms with Gasteiger partial charge in [-0.3, -0.25) is 4.79 Å². The lowest BCUT2D eigenvalue weighted by atomic mass is 9.86. The van der Waals surface area contributed by atoms with Crippen molar-refractivity contribution in [3.05, 3.63) is 88.9 Å². The first-order valence-electron chi connectivity index (χ1n) is 11.0. The maximum absolute atomic E-state index is 12.3. The Morgan fingerprint density at radius 1 is 0.971 bits per heavy atom. The Bertz CT molecular complexity index is 1160. The van der Waals surface area contributed by atoms with Crippen molar-refractivity contribution < 1.29 is 24.5 Å². The number of aliphatic hydroxyl groups excluding tert-OH is 1. The molecule has 2 N–H and O–H groups in total. The predicted octanol–water partition coefficient (Wildman–Crippen LogP) is 6.10. The van der Waals surface area contributed by atoms with Crippen LogP contribution in [-0.4, -0.2) is 34.5 Å². The number of methoxy groups -OCH3 is 1. The fourth-order valence-electron chi connectivity index (χ4n) is 4.59. The molecule has 0 radical (unpaired) electrons. The second-order valence-corrected chi connectivity index (χ2v) is 10.0. The van der Waals surface area contributed by atoms with Gasteiger partial charge in [-0.05, 0) is 53.8 Å². The number of rotatable bonds is 7. The van der Waals surface area contributed by atoms with Crippen LogP contribution in [0.5, 0.6) is 0 Å². The van der Waals surface area contributed by atoms with E-state index in [0.29, 0.717) is 33.9 Å². The summed E-state index contributed by atoms with van der Waals surface area (Å²) in [6.45, 7) is 0. The number of carboxylic acid groups (broad SMARTS) is 1. The van der Waals surface area contributed by atoms with Gasteiger partial charge >= 0.3 is 11.9 Å². The average Bonchev–Trinajstić information content (AvgIpc) is 3.28. The number of carbonyl (C=O) groups excluding carboxylic acids is 1. The fourth-order valence-corrected chi connectivity index (χ4v) is 6.20. The summed E-state index contributed by atoms with van der Waals surface area (Å²) < 4.78 is 4.87. The normalized spacial score (nSPS) is 20.6. The first kappa shape index (κ1) is 24.3. The summed E-state index contributed by atoms with van der Waals surface area (Å²) >= 11 is 7.34. The Hall–Kier alpha value is -2.80. The van der Waals surface area contributed by atoms with Gasteiger partial charge in [0.1, 0.15) is 0 Å². The van der Waals surface area contributed by atoms with E-state index in [1.807, 2.05) is 54.6 Å². The summed E-state index contributed by atoms with van der Waals surface area (Å²) in [6.07, 6.45) is 0.304. The van der Waals surface area contributed by atoms with Crippen LogP contribution < -0.4 is 0 Å². The predicted molar refractivity (Wildman–Crippen MR) is 133 cm³/mol. The lowest BCUT2D eigenvalue weighted by Gasteiger charge is -2.25. The van der Waals surface area contributed by atoms with E-state index in [1.54, 1.807) is 18.2 Å². The van der Waals surface area contributed by atoms with Gasteiger partial charge in [-0.15, -0.1) is 11.8 Å². The number of ether oxygens (including phenoxy) is 1. The van der Waals surface area contributed by atoms with Crippen molar-refractivity contribution in [2.24, 2.45) is 11.8 Å². The molecule has 1 fully saturated rings. The van der Waals surface area contributed by atoms with E-state index in [2.05, 4.69) is 0 Å². The van der Waals surface area contributed by atoms with E-state index in [9.17, 15) is 19.8 Å². The van der Waals surface area contributed by atoms with Crippen molar-refractivity contribution >= 4 is 35.3 Å². The van der Waals surface area contributed by atoms with Crippen molar-refractivity contribution in [2.75, 3.05) is 7.11 Å². The molecule has 5 nitrogen and oxygen atoms in total. The number of thioether (sulfide) groups is 1. The molecule has 34 heavy (non-hydrogen) atoms. The SMILES string of the molecule is COC(=O)c1ccccc1S[C@H]1CC[C@H]([C@H](O)c2ccc(-c3ccc(Cl)cc3)cc2)[C@H]1C(=O)O. The zero-order valence-electron chi connectivity index (χ0n) is 18.6. The Kier molecular flexibility index (Phi) is 7.61. The summed E-state index contributed by atoms with van der Waals surface area (Å²) in [5.74, 6) is -2.57. The maximum Gasteiger partial charge on any atom is 0.338 e. The molecular formula is C27H25ClO5S. The molecule has 1 aliphatic carbocycles. The van der Waals surface area contributed by atoms with Gasteiger partial charge in [0.15, 0.2) is 0 Å². The molecule has 0 heterocycles. The largest absolute Gasteiger partial charge is 0.481 e. The quantitative estimate of drug-likeness (QED) is 0.384. The molecule has 0 bridgehead atoms. The molecule has 1 aliphatic rings. The molecule has 4 rings (SSSR count). The Labute approximate surface area is 207 Å². The minimum atomic E-state index is -0.938. The van der Waals surface area contributed by atoms with Gasteiger partial charge in [0, 0.05) is 21.1 Å². The highest BCUT2D eigenvalue weighted by Crippen LogP contribution is 2.48. The van der Waals surface area contributed by atoms with E-state index in [4.69, 9.17) is 16.3 Å². The number of aliphatic carboxylic acids is 1. The summed E-state index contributed by atoms with van der Waals surface area (Å²) in [5, 5.41) is 21.6. The summed E-state index contributed by atoms with van der Waals surface area (Å²) in [4.78, 5) is 25.1. The van der Waals surface area contributed by atoms with Crippen molar-refractivity contribution in [2.45, 2.75) is 29.1 Å². The monoisotopic (exact) mass is 496 g/mol. The number of hydrogen-bond acceptors (Lipinski definition) is 5. The van der Waals surface area contributed by atoms with E-state index >= 15 is 0 Å². The van der Waals surface area contributed by atoms with Gasteiger partial charge in [0.25, 0.3) is 0 Å².